The van der Waals surface area contributed by atoms with Crippen molar-refractivity contribution in [1.82, 2.24) is 39.6 Å². The number of fused-ring (bicyclic) bond motifs is 1. The van der Waals surface area contributed by atoms with Crippen molar-refractivity contribution in [3.63, 3.8) is 0 Å². The number of carbonyl (C=O) groups excluding carboxylic acids is 5. The molecule has 5 aliphatic rings. The number of aryl methyl sites for hydroxylation is 2. The smallest absolute Gasteiger partial charge is 0.319 e. The van der Waals surface area contributed by atoms with E-state index in [0.29, 0.717) is 48.5 Å². The first kappa shape index (κ1) is 54.7. The van der Waals surface area contributed by atoms with Crippen LogP contribution in [0.3, 0.4) is 0 Å². The SMILES string of the molecule is CCCC(C(=O)NC=O)N(C=O)Cc1cc(C2CCN(CC3CCN(C(=O)N4CCC(N5CCCCC5)CC4)CC3)CC2)ccc1C.CN.O=Cc1c(-c2ccc(Oc3ccccc3)cc2)nn2c1NCCC2. The van der Waals surface area contributed by atoms with E-state index in [2.05, 4.69) is 59.3 Å². The number of nitrogens with zero attached hydrogens (tertiary/aromatic N) is 7. The first-order valence-corrected chi connectivity index (χ1v) is 27.0. The number of para-hydroxylation sites is 1. The fourth-order valence-electron chi connectivity index (χ4n) is 11.3. The Morgan fingerprint density at radius 2 is 1.48 bits per heavy atom. The summed E-state index contributed by atoms with van der Waals surface area (Å²) in [6.07, 6.45) is 14.9. The number of amides is 5. The molecule has 1 aromatic heterocycles. The lowest BCUT2D eigenvalue weighted by Gasteiger charge is -2.43. The minimum atomic E-state index is -0.666. The van der Waals surface area contributed by atoms with Gasteiger partial charge in [0.1, 0.15) is 29.1 Å². The molecule has 4 fully saturated rings. The van der Waals surface area contributed by atoms with Gasteiger partial charge in [-0.1, -0.05) is 56.2 Å². The molecule has 5 amide bonds. The topological polar surface area (TPSA) is 179 Å². The predicted molar refractivity (Wildman–Crippen MR) is 287 cm³/mol. The molecule has 9 rings (SSSR count). The van der Waals surface area contributed by atoms with Gasteiger partial charge in [-0.15, -0.1) is 0 Å². The normalized spacial score (nSPS) is 18.4. The number of anilines is 1. The largest absolute Gasteiger partial charge is 0.457 e. The third-order valence-electron chi connectivity index (χ3n) is 15.5. The van der Waals surface area contributed by atoms with Gasteiger partial charge in [0.25, 0.3) is 0 Å². The van der Waals surface area contributed by atoms with Crippen LogP contribution in [0.25, 0.3) is 11.3 Å². The van der Waals surface area contributed by atoms with Gasteiger partial charge in [0, 0.05) is 64.0 Å². The lowest BCUT2D eigenvalue weighted by Crippen LogP contribution is -2.53. The number of carbonyl (C=O) groups is 5. The first-order chi connectivity index (χ1) is 35.7. The molecule has 0 saturated carbocycles. The van der Waals surface area contributed by atoms with E-state index in [1.54, 1.807) is 0 Å². The molecule has 4 N–H and O–H groups in total. The summed E-state index contributed by atoms with van der Waals surface area (Å²) < 4.78 is 7.67. The van der Waals surface area contributed by atoms with Crippen molar-refractivity contribution < 1.29 is 28.7 Å². The van der Waals surface area contributed by atoms with E-state index in [-0.39, 0.29) is 6.03 Å². The molecule has 1 atom stereocenters. The lowest BCUT2D eigenvalue weighted by atomic mass is 9.86. The first-order valence-electron chi connectivity index (χ1n) is 27.0. The number of rotatable bonds is 16. The number of urea groups is 1. The molecule has 16 heteroatoms. The summed E-state index contributed by atoms with van der Waals surface area (Å²) in [6, 6.07) is 24.1. The maximum Gasteiger partial charge on any atom is 0.319 e. The third kappa shape index (κ3) is 14.6. The van der Waals surface area contributed by atoms with Gasteiger partial charge in [0.05, 0.1) is 5.56 Å². The Kier molecular flexibility index (Phi) is 20.8. The van der Waals surface area contributed by atoms with Crippen LogP contribution in [-0.4, -0.2) is 150 Å². The highest BCUT2D eigenvalue weighted by atomic mass is 16.5. The zero-order chi connectivity index (χ0) is 51.5. The average Bonchev–Trinajstić information content (AvgIpc) is 3.83. The Balaban J connectivity index is 0.000000250. The van der Waals surface area contributed by atoms with E-state index in [1.807, 2.05) is 73.1 Å². The van der Waals surface area contributed by atoms with Gasteiger partial charge < -0.3 is 40.3 Å². The van der Waals surface area contributed by atoms with Crippen molar-refractivity contribution in [2.24, 2.45) is 11.7 Å². The van der Waals surface area contributed by atoms with Crippen molar-refractivity contribution in [3.05, 3.63) is 95.1 Å². The number of hydrogen-bond acceptors (Lipinski definition) is 11. The number of nitrogens with one attached hydrogen (secondary N) is 2. The summed E-state index contributed by atoms with van der Waals surface area (Å²) >= 11 is 0. The molecular formula is C57H80N10O6. The van der Waals surface area contributed by atoms with Crippen molar-refractivity contribution >= 4 is 36.9 Å². The average molecular weight is 1000 g/mol. The molecule has 3 aromatic carbocycles. The predicted octanol–water partition coefficient (Wildman–Crippen LogP) is 7.90. The van der Waals surface area contributed by atoms with Crippen LogP contribution in [0.2, 0.25) is 0 Å². The fraction of sp³-hybridized carbons (Fsp3) is 0.544. The van der Waals surface area contributed by atoms with E-state index in [0.717, 1.165) is 157 Å². The lowest BCUT2D eigenvalue weighted by molar-refractivity contribution is -0.135. The quantitative estimate of drug-likeness (QED) is 0.0930. The van der Waals surface area contributed by atoms with E-state index in [4.69, 9.17) is 4.74 Å². The van der Waals surface area contributed by atoms with Crippen LogP contribution < -0.4 is 21.1 Å². The molecule has 5 aliphatic heterocycles. The fourth-order valence-corrected chi connectivity index (χ4v) is 11.3. The second-order valence-corrected chi connectivity index (χ2v) is 20.2. The standard InChI is InChI=1S/C37H58N6O4.C19H17N3O2.CH5N/c1-3-7-35(36(46)38-27-44)43(28-45)26-33-24-32(9-8-29(33)2)31-12-18-39(19-13-31)25-30-10-20-41(21-11-30)37(47)42-22-14-34(15-23-42)40-16-5-4-6-17-40;23-13-17-18(21-22-12-4-11-20-19(17)22)14-7-9-16(10-8-14)24-15-5-2-1-3-6-15;1-2/h8-9,24,27-28,30-31,34-35H,3-7,10-23,25-26H2,1-2H3,(H,38,44,46);1-3,5-10,13,20H,4,11-12H2;2H2,1H3. The molecule has 0 radical (unpaired) electrons. The zero-order valence-electron chi connectivity index (χ0n) is 43.6. The van der Waals surface area contributed by atoms with E-state index in [9.17, 15) is 24.0 Å². The molecule has 0 aliphatic carbocycles. The van der Waals surface area contributed by atoms with Gasteiger partial charge in [-0.25, -0.2) is 9.48 Å². The van der Waals surface area contributed by atoms with Crippen LogP contribution in [0.4, 0.5) is 10.6 Å². The molecule has 4 saturated heterocycles. The Bertz CT molecular complexity index is 2370. The number of aromatic nitrogens is 2. The molecule has 73 heavy (non-hydrogen) atoms. The summed E-state index contributed by atoms with van der Waals surface area (Å²) in [7, 11) is 1.50. The maximum atomic E-state index is 13.3. The summed E-state index contributed by atoms with van der Waals surface area (Å²) in [5, 5.41) is 10.1. The van der Waals surface area contributed by atoms with Gasteiger partial charge in [0.2, 0.25) is 18.7 Å². The van der Waals surface area contributed by atoms with Gasteiger partial charge >= 0.3 is 6.03 Å². The highest BCUT2D eigenvalue weighted by Crippen LogP contribution is 2.34. The second-order valence-electron chi connectivity index (χ2n) is 20.2. The van der Waals surface area contributed by atoms with Gasteiger partial charge in [0.15, 0.2) is 6.29 Å². The molecule has 0 bridgehead atoms. The number of ether oxygens (including phenoxy) is 1. The molecule has 0 spiro atoms. The minimum absolute atomic E-state index is 0.264. The summed E-state index contributed by atoms with van der Waals surface area (Å²) in [6.45, 7) is 15.4. The Hall–Kier alpha value is -6.10. The molecule has 1 unspecified atom stereocenters. The third-order valence-corrected chi connectivity index (χ3v) is 15.5. The Morgan fingerprint density at radius 1 is 0.808 bits per heavy atom. The number of likely N-dealkylation sites (tertiary alicyclic amines) is 4. The Morgan fingerprint density at radius 3 is 2.12 bits per heavy atom. The number of imide groups is 1. The number of piperidine rings is 4. The van der Waals surface area contributed by atoms with Crippen LogP contribution in [0.1, 0.15) is 117 Å². The van der Waals surface area contributed by atoms with Crippen molar-refractivity contribution in [2.75, 3.05) is 77.8 Å². The van der Waals surface area contributed by atoms with E-state index < -0.39 is 11.9 Å². The van der Waals surface area contributed by atoms with E-state index >= 15 is 0 Å². The number of nitrogens with two attached hydrogens (primary N) is 1. The van der Waals surface area contributed by atoms with Crippen molar-refractivity contribution in [2.45, 2.75) is 122 Å². The Labute approximate surface area is 432 Å². The molecular weight excluding hydrogens is 921 g/mol. The summed E-state index contributed by atoms with van der Waals surface area (Å²) in [5.74, 6) is 3.04. The second kappa shape index (κ2) is 27.8. The number of benzene rings is 3. The van der Waals surface area contributed by atoms with Crippen molar-refractivity contribution in [3.8, 4) is 22.8 Å². The molecule has 394 valence electrons. The van der Waals surface area contributed by atoms with Gasteiger partial charge in [-0.05, 0) is 169 Å². The van der Waals surface area contributed by atoms with Crippen molar-refractivity contribution in [1.29, 1.82) is 0 Å². The highest BCUT2D eigenvalue weighted by molar-refractivity contribution is 5.92. The van der Waals surface area contributed by atoms with Gasteiger partial charge in [-0.2, -0.15) is 5.10 Å². The number of hydrogen-bond donors (Lipinski definition) is 3. The van der Waals surface area contributed by atoms with Crippen LogP contribution in [0.15, 0.2) is 72.8 Å². The number of aldehydes is 1. The molecule has 16 nitrogen and oxygen atoms in total. The summed E-state index contributed by atoms with van der Waals surface area (Å²) in [4.78, 5) is 71.3. The minimum Gasteiger partial charge on any atom is -0.457 e. The zero-order valence-corrected chi connectivity index (χ0v) is 43.6. The van der Waals surface area contributed by atoms with Crippen LogP contribution >= 0.6 is 0 Å². The van der Waals surface area contributed by atoms with Crippen LogP contribution in [0, 0.1) is 12.8 Å². The molecule has 6 heterocycles. The molecule has 4 aromatic rings. The van der Waals surface area contributed by atoms with E-state index in [1.165, 1.54) is 49.9 Å². The monoisotopic (exact) mass is 1000 g/mol. The maximum absolute atomic E-state index is 13.3. The highest BCUT2D eigenvalue weighted by Gasteiger charge is 2.33. The summed E-state index contributed by atoms with van der Waals surface area (Å²) in [5.41, 5.74) is 10.2. The van der Waals surface area contributed by atoms with Crippen LogP contribution in [-0.2, 0) is 27.5 Å². The van der Waals surface area contributed by atoms with Gasteiger partial charge in [-0.3, -0.25) is 24.5 Å². The van der Waals surface area contributed by atoms with Crippen LogP contribution in [0.5, 0.6) is 11.5 Å².